The Balaban J connectivity index is 2.11. The first-order valence-electron chi connectivity index (χ1n) is 6.03. The lowest BCUT2D eigenvalue weighted by molar-refractivity contribution is -0.135. The molecule has 2 rings (SSSR count). The Morgan fingerprint density at radius 3 is 3.11 bits per heavy atom. The molecule has 0 aromatic rings. The van der Waals surface area contributed by atoms with Gasteiger partial charge in [-0.15, -0.1) is 0 Å². The molecule has 2 aliphatic heterocycles. The average Bonchev–Trinajstić information content (AvgIpc) is 2.37. The molecule has 0 spiro atoms. The summed E-state index contributed by atoms with van der Waals surface area (Å²) < 4.78 is 17.8. The zero-order chi connectivity index (χ0) is 13.8. The normalized spacial score (nSPS) is 23.9. The van der Waals surface area contributed by atoms with Gasteiger partial charge in [-0.1, -0.05) is 0 Å². The van der Waals surface area contributed by atoms with Gasteiger partial charge in [0.1, 0.15) is 18.6 Å². The van der Waals surface area contributed by atoms with E-state index in [0.717, 1.165) is 0 Å². The maximum Gasteiger partial charge on any atom is 0.309 e. The predicted octanol–water partition coefficient (Wildman–Crippen LogP) is 0.387. The standard InChI is InChI=1S/C12H15FN2O4/c13-6-10-7-15(1-2-19-10)11-5-9(16)3-8(14-11)4-12(17)18/h5,10H,1-4,6-7H2,(H,17,18). The summed E-state index contributed by atoms with van der Waals surface area (Å²) in [5.41, 5.74) is 0.332. The van der Waals surface area contributed by atoms with E-state index in [9.17, 15) is 14.0 Å². The molecule has 0 radical (unpaired) electrons. The van der Waals surface area contributed by atoms with E-state index in [1.807, 2.05) is 0 Å². The zero-order valence-electron chi connectivity index (χ0n) is 10.3. The van der Waals surface area contributed by atoms with Crippen molar-refractivity contribution < 1.29 is 23.8 Å². The number of carbonyl (C=O) groups is 2. The molecule has 1 saturated heterocycles. The van der Waals surface area contributed by atoms with Crippen LogP contribution in [-0.4, -0.2) is 59.9 Å². The first kappa shape index (κ1) is 13.7. The molecule has 0 bridgehead atoms. The second-order valence-corrected chi connectivity index (χ2v) is 4.49. The smallest absolute Gasteiger partial charge is 0.309 e. The van der Waals surface area contributed by atoms with E-state index < -0.39 is 18.7 Å². The highest BCUT2D eigenvalue weighted by molar-refractivity contribution is 6.13. The molecule has 0 saturated carbocycles. The van der Waals surface area contributed by atoms with E-state index in [2.05, 4.69) is 4.99 Å². The zero-order valence-corrected chi connectivity index (χ0v) is 10.3. The van der Waals surface area contributed by atoms with Crippen LogP contribution >= 0.6 is 0 Å². The van der Waals surface area contributed by atoms with E-state index in [-0.39, 0.29) is 18.6 Å². The van der Waals surface area contributed by atoms with Crippen molar-refractivity contribution in [2.75, 3.05) is 26.4 Å². The third-order valence-corrected chi connectivity index (χ3v) is 2.93. The molecule has 7 heteroatoms. The minimum absolute atomic E-state index is 0.0344. The van der Waals surface area contributed by atoms with Crippen LogP contribution in [-0.2, 0) is 14.3 Å². The van der Waals surface area contributed by atoms with E-state index in [4.69, 9.17) is 9.84 Å². The number of alkyl halides is 1. The van der Waals surface area contributed by atoms with Gasteiger partial charge in [0.2, 0.25) is 0 Å². The first-order valence-corrected chi connectivity index (χ1v) is 6.03. The van der Waals surface area contributed by atoms with Crippen LogP contribution in [0.1, 0.15) is 12.8 Å². The van der Waals surface area contributed by atoms with Crippen LogP contribution in [0.25, 0.3) is 0 Å². The van der Waals surface area contributed by atoms with Gasteiger partial charge < -0.3 is 14.7 Å². The number of carboxylic acids is 1. The minimum atomic E-state index is -1.02. The Labute approximate surface area is 109 Å². The number of ether oxygens (including phenoxy) is 1. The number of ketones is 1. The molecule has 0 amide bonds. The van der Waals surface area contributed by atoms with Crippen molar-refractivity contribution in [3.63, 3.8) is 0 Å². The highest BCUT2D eigenvalue weighted by atomic mass is 19.1. The molecular weight excluding hydrogens is 255 g/mol. The quantitative estimate of drug-likeness (QED) is 0.799. The van der Waals surface area contributed by atoms with E-state index in [1.165, 1.54) is 6.08 Å². The Morgan fingerprint density at radius 2 is 2.42 bits per heavy atom. The fourth-order valence-electron chi connectivity index (χ4n) is 2.09. The van der Waals surface area contributed by atoms with Crippen molar-refractivity contribution >= 4 is 17.5 Å². The van der Waals surface area contributed by atoms with Gasteiger partial charge in [0, 0.05) is 31.3 Å². The lowest BCUT2D eigenvalue weighted by atomic mass is 10.1. The summed E-state index contributed by atoms with van der Waals surface area (Å²) in [7, 11) is 0. The van der Waals surface area contributed by atoms with Crippen LogP contribution in [0.3, 0.4) is 0 Å². The molecule has 2 heterocycles. The molecule has 104 valence electrons. The first-order chi connectivity index (χ1) is 9.08. The number of morpholine rings is 1. The number of hydrogen-bond acceptors (Lipinski definition) is 5. The second kappa shape index (κ2) is 5.92. The van der Waals surface area contributed by atoms with Gasteiger partial charge in [-0.3, -0.25) is 9.59 Å². The summed E-state index contributed by atoms with van der Waals surface area (Å²) in [6, 6.07) is 0. The van der Waals surface area contributed by atoms with Crippen molar-refractivity contribution in [1.82, 2.24) is 4.90 Å². The van der Waals surface area contributed by atoms with Crippen LogP contribution in [0, 0.1) is 0 Å². The number of carbonyl (C=O) groups excluding carboxylic acids is 1. The van der Waals surface area contributed by atoms with Gasteiger partial charge in [0.25, 0.3) is 0 Å². The molecule has 6 nitrogen and oxygen atoms in total. The Hall–Kier alpha value is -1.76. The van der Waals surface area contributed by atoms with Gasteiger partial charge in [-0.2, -0.15) is 0 Å². The van der Waals surface area contributed by atoms with Crippen molar-refractivity contribution in [2.45, 2.75) is 18.9 Å². The fourth-order valence-corrected chi connectivity index (χ4v) is 2.09. The van der Waals surface area contributed by atoms with Gasteiger partial charge in [0.15, 0.2) is 5.78 Å². The van der Waals surface area contributed by atoms with Crippen molar-refractivity contribution in [3.05, 3.63) is 11.9 Å². The van der Waals surface area contributed by atoms with E-state index in [1.54, 1.807) is 4.90 Å². The minimum Gasteiger partial charge on any atom is -0.481 e. The number of hydrogen-bond donors (Lipinski definition) is 1. The SMILES string of the molecule is O=C(O)CC1=NC(N2CCOC(CF)C2)=CC(=O)C1. The topological polar surface area (TPSA) is 79.2 Å². The average molecular weight is 270 g/mol. The number of halogens is 1. The molecule has 2 aliphatic rings. The van der Waals surface area contributed by atoms with Crippen LogP contribution in [0.15, 0.2) is 16.9 Å². The molecule has 1 unspecified atom stereocenters. The van der Waals surface area contributed by atoms with Crippen molar-refractivity contribution in [3.8, 4) is 0 Å². The van der Waals surface area contributed by atoms with Crippen LogP contribution in [0.5, 0.6) is 0 Å². The second-order valence-electron chi connectivity index (χ2n) is 4.49. The van der Waals surface area contributed by atoms with Crippen molar-refractivity contribution in [2.24, 2.45) is 4.99 Å². The largest absolute Gasteiger partial charge is 0.481 e. The summed E-state index contributed by atoms with van der Waals surface area (Å²) in [4.78, 5) is 28.2. The van der Waals surface area contributed by atoms with Gasteiger partial charge in [-0.05, 0) is 0 Å². The number of aliphatic carboxylic acids is 1. The fraction of sp³-hybridized carbons (Fsp3) is 0.583. The van der Waals surface area contributed by atoms with Gasteiger partial charge in [-0.25, -0.2) is 9.38 Å². The molecule has 19 heavy (non-hydrogen) atoms. The highest BCUT2D eigenvalue weighted by Gasteiger charge is 2.25. The lowest BCUT2D eigenvalue weighted by Crippen LogP contribution is -2.43. The van der Waals surface area contributed by atoms with E-state index >= 15 is 0 Å². The van der Waals surface area contributed by atoms with Crippen LogP contribution in [0.2, 0.25) is 0 Å². The summed E-state index contributed by atoms with van der Waals surface area (Å²) >= 11 is 0. The lowest BCUT2D eigenvalue weighted by Gasteiger charge is -2.34. The van der Waals surface area contributed by atoms with E-state index in [0.29, 0.717) is 31.2 Å². The number of allylic oxidation sites excluding steroid dienone is 1. The maximum absolute atomic E-state index is 12.6. The highest BCUT2D eigenvalue weighted by Crippen LogP contribution is 2.18. The Kier molecular flexibility index (Phi) is 4.26. The molecule has 0 aromatic carbocycles. The molecule has 0 aliphatic carbocycles. The van der Waals surface area contributed by atoms with Gasteiger partial charge in [0.05, 0.1) is 13.0 Å². The molecule has 1 atom stereocenters. The van der Waals surface area contributed by atoms with Crippen LogP contribution < -0.4 is 0 Å². The van der Waals surface area contributed by atoms with Crippen molar-refractivity contribution in [1.29, 1.82) is 0 Å². The Morgan fingerprint density at radius 1 is 1.63 bits per heavy atom. The summed E-state index contributed by atoms with van der Waals surface area (Å²) in [6.45, 7) is 0.603. The molecule has 1 fully saturated rings. The Bertz CT molecular complexity index is 447. The predicted molar refractivity (Wildman–Crippen MR) is 64.7 cm³/mol. The molecular formula is C12H15FN2O4. The third kappa shape index (κ3) is 3.60. The summed E-state index contributed by atoms with van der Waals surface area (Å²) in [5.74, 6) is -0.782. The van der Waals surface area contributed by atoms with Gasteiger partial charge >= 0.3 is 5.97 Å². The maximum atomic E-state index is 12.6. The number of nitrogens with zero attached hydrogens (tertiary/aromatic N) is 2. The number of carboxylic acid groups (broad SMARTS) is 1. The number of aliphatic imine (C=N–C) groups is 1. The van der Waals surface area contributed by atoms with Crippen LogP contribution in [0.4, 0.5) is 4.39 Å². The monoisotopic (exact) mass is 270 g/mol. The molecule has 0 aromatic heterocycles. The number of rotatable bonds is 4. The summed E-state index contributed by atoms with van der Waals surface area (Å²) in [5, 5.41) is 8.73. The molecule has 1 N–H and O–H groups in total. The summed E-state index contributed by atoms with van der Waals surface area (Å²) in [6.07, 6.45) is 0.642. The third-order valence-electron chi connectivity index (χ3n) is 2.93.